The predicted octanol–water partition coefficient (Wildman–Crippen LogP) is 4.85. The first-order chi connectivity index (χ1) is 22.1. The van der Waals surface area contributed by atoms with E-state index in [0.29, 0.717) is 0 Å². The zero-order valence-corrected chi connectivity index (χ0v) is 30.3. The number of amides is 5. The number of carbonyl (C=O) groups excluding carboxylic acids is 5. The first-order valence-corrected chi connectivity index (χ1v) is 16.3. The highest BCUT2D eigenvalue weighted by Crippen LogP contribution is 2.15. The van der Waals surface area contributed by atoms with Crippen LogP contribution in [-0.2, 0) is 30.3 Å². The van der Waals surface area contributed by atoms with Crippen LogP contribution in [0, 0.1) is 0 Å². The monoisotopic (exact) mass is 677 g/mol. The van der Waals surface area contributed by atoms with E-state index in [9.17, 15) is 24.0 Å². The van der Waals surface area contributed by atoms with E-state index in [4.69, 9.17) is 18.9 Å². The molecule has 0 bridgehead atoms. The Bertz CT molecular complexity index is 1190. The van der Waals surface area contributed by atoms with Crippen LogP contribution in [0.15, 0.2) is 30.3 Å². The number of nitrogens with zero attached hydrogens (tertiary/aromatic N) is 4. The Kier molecular flexibility index (Phi) is 14.4. The fourth-order valence-electron chi connectivity index (χ4n) is 4.44. The molecule has 270 valence electrons. The summed E-state index contributed by atoms with van der Waals surface area (Å²) in [5.41, 5.74) is -1.54. The van der Waals surface area contributed by atoms with Crippen LogP contribution in [0.5, 0.6) is 0 Å². The zero-order chi connectivity index (χ0) is 36.3. The van der Waals surface area contributed by atoms with Gasteiger partial charge in [-0.15, -0.1) is 0 Å². The molecule has 14 heteroatoms. The van der Waals surface area contributed by atoms with Crippen molar-refractivity contribution in [2.24, 2.45) is 0 Å². The van der Waals surface area contributed by atoms with Crippen molar-refractivity contribution < 1.29 is 42.9 Å². The topological polar surface area (TPSA) is 147 Å². The summed E-state index contributed by atoms with van der Waals surface area (Å²) >= 11 is 0. The Balaban J connectivity index is 2.32. The van der Waals surface area contributed by atoms with E-state index in [0.717, 1.165) is 5.56 Å². The van der Waals surface area contributed by atoms with Crippen molar-refractivity contribution >= 4 is 30.3 Å². The maximum atomic E-state index is 13.7. The van der Waals surface area contributed by atoms with Crippen molar-refractivity contribution in [3.63, 3.8) is 0 Å². The van der Waals surface area contributed by atoms with Gasteiger partial charge in [-0.3, -0.25) is 4.79 Å². The highest BCUT2D eigenvalue weighted by molar-refractivity contribution is 5.85. The summed E-state index contributed by atoms with van der Waals surface area (Å²) in [5.74, 6) is -0.438. The van der Waals surface area contributed by atoms with Crippen molar-refractivity contribution in [2.45, 2.75) is 98.7 Å². The zero-order valence-electron chi connectivity index (χ0n) is 30.3. The average Bonchev–Trinajstić information content (AvgIpc) is 2.93. The molecule has 1 atom stereocenters. The lowest BCUT2D eigenvalue weighted by molar-refractivity contribution is -0.133. The van der Waals surface area contributed by atoms with E-state index in [-0.39, 0.29) is 59.0 Å². The number of carbonyl (C=O) groups is 5. The molecule has 0 aromatic heterocycles. The molecule has 1 aromatic carbocycles. The van der Waals surface area contributed by atoms with Crippen molar-refractivity contribution in [3.8, 4) is 0 Å². The SMILES string of the molecule is CC(NC(=O)OCc1ccccc1)C(=O)N1CCN(C(=O)OC(C)(C)C)CCN(C(=O)OC(C)(C)C)CCN(C(=O)OC(C)(C)C)CC1. The van der Waals surface area contributed by atoms with E-state index in [1.807, 2.05) is 30.3 Å². The lowest BCUT2D eigenvalue weighted by Crippen LogP contribution is -2.54. The highest BCUT2D eigenvalue weighted by atomic mass is 16.6. The molecule has 1 saturated heterocycles. The molecule has 2 rings (SSSR count). The van der Waals surface area contributed by atoms with Crippen LogP contribution in [0.2, 0.25) is 0 Å². The van der Waals surface area contributed by atoms with Crippen LogP contribution in [0.3, 0.4) is 0 Å². The van der Waals surface area contributed by atoms with Crippen LogP contribution in [0.1, 0.15) is 74.8 Å². The van der Waals surface area contributed by atoms with Crippen LogP contribution in [0.25, 0.3) is 0 Å². The number of rotatable bonds is 4. The highest BCUT2D eigenvalue weighted by Gasteiger charge is 2.31. The molecule has 1 aliphatic heterocycles. The number of hydrogen-bond donors (Lipinski definition) is 1. The maximum Gasteiger partial charge on any atom is 0.410 e. The fraction of sp³-hybridized carbons (Fsp3) is 0.676. The van der Waals surface area contributed by atoms with Gasteiger partial charge in [0.25, 0.3) is 0 Å². The van der Waals surface area contributed by atoms with Crippen LogP contribution in [-0.4, -0.2) is 125 Å². The Morgan fingerprint density at radius 2 is 0.938 bits per heavy atom. The van der Waals surface area contributed by atoms with Crippen LogP contribution < -0.4 is 5.32 Å². The summed E-state index contributed by atoms with van der Waals surface area (Å²) in [6.07, 6.45) is -2.57. The molecule has 0 radical (unpaired) electrons. The largest absolute Gasteiger partial charge is 0.445 e. The number of hydrogen-bond acceptors (Lipinski definition) is 9. The van der Waals surface area contributed by atoms with E-state index >= 15 is 0 Å². The third kappa shape index (κ3) is 15.1. The van der Waals surface area contributed by atoms with Crippen molar-refractivity contribution in [2.75, 3.05) is 52.4 Å². The normalized spacial score (nSPS) is 16.1. The van der Waals surface area contributed by atoms with E-state index in [1.165, 1.54) is 26.5 Å². The standard InChI is InChI=1S/C34H55N5O9/c1-25(35-28(41)45-24-26-14-12-11-13-15-26)27(40)36-16-18-37(29(42)46-32(2,3)4)20-22-39(31(44)48-34(8,9)10)23-21-38(19-17-36)30(43)47-33(5,6)7/h11-15,25H,16-24H2,1-10H3,(H,35,41). The number of ether oxygens (including phenoxy) is 4. The van der Waals surface area contributed by atoms with Gasteiger partial charge in [-0.1, -0.05) is 30.3 Å². The molecule has 1 unspecified atom stereocenters. The predicted molar refractivity (Wildman–Crippen MR) is 179 cm³/mol. The van der Waals surface area contributed by atoms with Gasteiger partial charge in [0.05, 0.1) is 0 Å². The molecule has 1 aromatic rings. The van der Waals surface area contributed by atoms with Gasteiger partial charge in [0.1, 0.15) is 29.5 Å². The maximum absolute atomic E-state index is 13.7. The number of alkyl carbamates (subject to hydrolysis) is 1. The summed E-state index contributed by atoms with van der Waals surface area (Å²) in [6.45, 7) is 17.9. The molecule has 0 spiro atoms. The first kappa shape index (κ1) is 39.9. The van der Waals surface area contributed by atoms with Gasteiger partial charge in [0.2, 0.25) is 5.91 Å². The third-order valence-electron chi connectivity index (χ3n) is 6.74. The summed E-state index contributed by atoms with van der Waals surface area (Å²) < 4.78 is 22.2. The lowest BCUT2D eigenvalue weighted by atomic mass is 10.2. The first-order valence-electron chi connectivity index (χ1n) is 16.3. The van der Waals surface area contributed by atoms with Gasteiger partial charge in [-0.05, 0) is 74.8 Å². The minimum absolute atomic E-state index is 0.0350. The molecule has 1 fully saturated rings. The van der Waals surface area contributed by atoms with Crippen LogP contribution >= 0.6 is 0 Å². The Morgan fingerprint density at radius 1 is 0.604 bits per heavy atom. The Hall–Kier alpha value is -4.23. The lowest BCUT2D eigenvalue weighted by Gasteiger charge is -2.36. The van der Waals surface area contributed by atoms with E-state index in [2.05, 4.69) is 5.32 Å². The van der Waals surface area contributed by atoms with E-state index < -0.39 is 53.1 Å². The molecular formula is C34H55N5O9. The summed E-state index contributed by atoms with van der Waals surface area (Å²) in [5, 5.41) is 2.58. The molecule has 5 amide bonds. The second kappa shape index (κ2) is 17.3. The smallest absolute Gasteiger partial charge is 0.410 e. The third-order valence-corrected chi connectivity index (χ3v) is 6.74. The minimum atomic E-state index is -0.978. The van der Waals surface area contributed by atoms with Crippen LogP contribution in [0.4, 0.5) is 19.2 Å². The quantitative estimate of drug-likeness (QED) is 0.442. The van der Waals surface area contributed by atoms with Gasteiger partial charge >= 0.3 is 24.4 Å². The van der Waals surface area contributed by atoms with Gasteiger partial charge in [0.15, 0.2) is 0 Å². The molecule has 1 N–H and O–H groups in total. The van der Waals surface area contributed by atoms with E-state index in [1.54, 1.807) is 62.3 Å². The fourth-order valence-corrected chi connectivity index (χ4v) is 4.44. The van der Waals surface area contributed by atoms with Crippen molar-refractivity contribution in [3.05, 3.63) is 35.9 Å². The van der Waals surface area contributed by atoms with Gasteiger partial charge in [-0.2, -0.15) is 0 Å². The Labute approximate surface area is 284 Å². The summed E-state index contributed by atoms with van der Waals surface area (Å²) in [7, 11) is 0. The molecule has 0 saturated carbocycles. The van der Waals surface area contributed by atoms with Crippen molar-refractivity contribution in [1.82, 2.24) is 24.9 Å². The summed E-state index contributed by atoms with van der Waals surface area (Å²) in [6, 6.07) is 8.17. The van der Waals surface area contributed by atoms with Gasteiger partial charge < -0.3 is 43.9 Å². The molecule has 0 aliphatic carbocycles. The Morgan fingerprint density at radius 3 is 1.27 bits per heavy atom. The van der Waals surface area contributed by atoms with Crippen molar-refractivity contribution in [1.29, 1.82) is 0 Å². The molecular weight excluding hydrogens is 622 g/mol. The molecule has 14 nitrogen and oxygen atoms in total. The minimum Gasteiger partial charge on any atom is -0.445 e. The van der Waals surface area contributed by atoms with Gasteiger partial charge in [-0.25, -0.2) is 19.2 Å². The molecule has 1 aliphatic rings. The second-order valence-electron chi connectivity index (χ2n) is 14.7. The summed E-state index contributed by atoms with van der Waals surface area (Å²) in [4.78, 5) is 71.8. The number of benzene rings is 1. The number of nitrogens with one attached hydrogen (secondary N) is 1. The average molecular weight is 678 g/mol. The molecule has 1 heterocycles. The van der Waals surface area contributed by atoms with Gasteiger partial charge in [0, 0.05) is 52.4 Å². The second-order valence-corrected chi connectivity index (χ2v) is 14.7. The molecule has 48 heavy (non-hydrogen) atoms.